The van der Waals surface area contributed by atoms with Crippen molar-refractivity contribution in [3.8, 4) is 0 Å². The number of ketones is 1. The van der Waals surface area contributed by atoms with E-state index in [1.165, 1.54) is 0 Å². The lowest BCUT2D eigenvalue weighted by molar-refractivity contribution is -0.122. The van der Waals surface area contributed by atoms with Crippen LogP contribution >= 0.6 is 0 Å². The highest BCUT2D eigenvalue weighted by Gasteiger charge is 2.23. The minimum absolute atomic E-state index is 0.00912. The number of pyridine rings is 1. The van der Waals surface area contributed by atoms with Gasteiger partial charge >= 0.3 is 0 Å². The Labute approximate surface area is 112 Å². The normalized spacial score (nSPS) is 16.4. The number of piperidine rings is 1. The third-order valence-electron chi connectivity index (χ3n) is 3.62. The Balaban J connectivity index is 2.00. The van der Waals surface area contributed by atoms with Crippen LogP contribution in [-0.2, 0) is 4.79 Å². The first-order valence-corrected chi connectivity index (χ1v) is 6.65. The molecule has 102 valence electrons. The summed E-state index contributed by atoms with van der Waals surface area (Å²) in [5.74, 6) is -0.161. The summed E-state index contributed by atoms with van der Waals surface area (Å²) in [6, 6.07) is 3.68. The summed E-state index contributed by atoms with van der Waals surface area (Å²) in [7, 11) is 0. The highest BCUT2D eigenvalue weighted by atomic mass is 16.1. The minimum Gasteiger partial charge on any atom is -0.370 e. The number of aromatic nitrogens is 1. The topological polar surface area (TPSA) is 76.3 Å². The van der Waals surface area contributed by atoms with E-state index >= 15 is 0 Å². The molecule has 0 aliphatic carbocycles. The third kappa shape index (κ3) is 3.10. The van der Waals surface area contributed by atoms with E-state index in [2.05, 4.69) is 9.88 Å². The lowest BCUT2D eigenvalue weighted by atomic mass is 9.96. The van der Waals surface area contributed by atoms with Crippen LogP contribution in [0, 0.1) is 5.92 Å². The number of hydrogen-bond acceptors (Lipinski definition) is 4. The summed E-state index contributed by atoms with van der Waals surface area (Å²) in [4.78, 5) is 29.0. The van der Waals surface area contributed by atoms with Crippen LogP contribution in [0.4, 0.5) is 5.69 Å². The molecular weight excluding hydrogens is 242 g/mol. The smallest absolute Gasteiger partial charge is 0.220 e. The number of carbonyl (C=O) groups excluding carboxylic acids is 2. The number of amides is 1. The summed E-state index contributed by atoms with van der Waals surface area (Å²) in [6.07, 6.45) is 3.76. The van der Waals surface area contributed by atoms with E-state index in [4.69, 9.17) is 5.73 Å². The van der Waals surface area contributed by atoms with Gasteiger partial charge < -0.3 is 10.6 Å². The van der Waals surface area contributed by atoms with Crippen molar-refractivity contribution in [1.29, 1.82) is 0 Å². The molecule has 0 radical (unpaired) electrons. The largest absolute Gasteiger partial charge is 0.370 e. The SMILES string of the molecule is CCC(=O)c1ccc(N2CCC(C(N)=O)CC2)cn1. The van der Waals surface area contributed by atoms with E-state index < -0.39 is 0 Å². The molecule has 1 saturated heterocycles. The van der Waals surface area contributed by atoms with Crippen LogP contribution in [0.5, 0.6) is 0 Å². The molecule has 1 aromatic heterocycles. The molecule has 0 bridgehead atoms. The summed E-state index contributed by atoms with van der Waals surface area (Å²) < 4.78 is 0. The lowest BCUT2D eigenvalue weighted by Crippen LogP contribution is -2.38. The first-order valence-electron chi connectivity index (χ1n) is 6.65. The zero-order valence-corrected chi connectivity index (χ0v) is 11.1. The van der Waals surface area contributed by atoms with Crippen molar-refractivity contribution >= 4 is 17.4 Å². The van der Waals surface area contributed by atoms with Crippen LogP contribution in [0.25, 0.3) is 0 Å². The predicted octanol–water partition coefficient (Wildman–Crippen LogP) is 1.38. The molecule has 2 N–H and O–H groups in total. The van der Waals surface area contributed by atoms with Crippen molar-refractivity contribution in [2.24, 2.45) is 11.7 Å². The Morgan fingerprint density at radius 1 is 1.37 bits per heavy atom. The second kappa shape index (κ2) is 5.82. The van der Waals surface area contributed by atoms with Crippen molar-refractivity contribution in [1.82, 2.24) is 4.98 Å². The maximum atomic E-state index is 11.5. The Morgan fingerprint density at radius 2 is 2.05 bits per heavy atom. The van der Waals surface area contributed by atoms with E-state index in [0.717, 1.165) is 31.6 Å². The minimum atomic E-state index is -0.207. The van der Waals surface area contributed by atoms with Gasteiger partial charge in [0, 0.05) is 25.4 Å². The zero-order valence-electron chi connectivity index (χ0n) is 11.1. The Kier molecular flexibility index (Phi) is 4.14. The van der Waals surface area contributed by atoms with Crippen molar-refractivity contribution in [2.45, 2.75) is 26.2 Å². The van der Waals surface area contributed by atoms with Crippen molar-refractivity contribution in [3.05, 3.63) is 24.0 Å². The van der Waals surface area contributed by atoms with E-state index in [1.54, 1.807) is 12.3 Å². The molecule has 19 heavy (non-hydrogen) atoms. The Bertz CT molecular complexity index is 462. The summed E-state index contributed by atoms with van der Waals surface area (Å²) in [6.45, 7) is 3.43. The fourth-order valence-corrected chi connectivity index (χ4v) is 2.34. The molecule has 1 aliphatic rings. The third-order valence-corrected chi connectivity index (χ3v) is 3.62. The highest BCUT2D eigenvalue weighted by Crippen LogP contribution is 2.22. The van der Waals surface area contributed by atoms with Gasteiger partial charge in [0.05, 0.1) is 11.9 Å². The fraction of sp³-hybridized carbons (Fsp3) is 0.500. The molecule has 1 aromatic rings. The zero-order chi connectivity index (χ0) is 13.8. The Hall–Kier alpha value is -1.91. The molecular formula is C14H19N3O2. The standard InChI is InChI=1S/C14H19N3O2/c1-2-13(18)12-4-3-11(9-16-12)17-7-5-10(6-8-17)14(15)19/h3-4,9-10H,2,5-8H2,1H3,(H2,15,19). The van der Waals surface area contributed by atoms with Gasteiger partial charge in [-0.25, -0.2) is 0 Å². The van der Waals surface area contributed by atoms with Crippen LogP contribution in [-0.4, -0.2) is 29.8 Å². The number of hydrogen-bond donors (Lipinski definition) is 1. The molecule has 1 fully saturated rings. The van der Waals surface area contributed by atoms with E-state index in [0.29, 0.717) is 12.1 Å². The number of nitrogens with two attached hydrogens (primary N) is 1. The molecule has 0 spiro atoms. The summed E-state index contributed by atoms with van der Waals surface area (Å²) >= 11 is 0. The van der Waals surface area contributed by atoms with E-state index in [1.807, 2.05) is 13.0 Å². The lowest BCUT2D eigenvalue weighted by Gasteiger charge is -2.32. The number of carbonyl (C=O) groups is 2. The van der Waals surface area contributed by atoms with Crippen LogP contribution < -0.4 is 10.6 Å². The first-order chi connectivity index (χ1) is 9.11. The van der Waals surface area contributed by atoms with E-state index in [-0.39, 0.29) is 17.6 Å². The number of Topliss-reactive ketones (excluding diaryl/α,β-unsaturated/α-hetero) is 1. The van der Waals surface area contributed by atoms with E-state index in [9.17, 15) is 9.59 Å². The molecule has 2 rings (SSSR count). The maximum absolute atomic E-state index is 11.5. The van der Waals surface area contributed by atoms with Gasteiger partial charge in [0.1, 0.15) is 5.69 Å². The summed E-state index contributed by atoms with van der Waals surface area (Å²) in [5, 5.41) is 0. The van der Waals surface area contributed by atoms with Gasteiger partial charge in [0.2, 0.25) is 5.91 Å². The van der Waals surface area contributed by atoms with Crippen LogP contribution in [0.15, 0.2) is 18.3 Å². The van der Waals surface area contributed by atoms with Crippen molar-refractivity contribution in [2.75, 3.05) is 18.0 Å². The van der Waals surface area contributed by atoms with Gasteiger partial charge in [-0.3, -0.25) is 14.6 Å². The van der Waals surface area contributed by atoms with Crippen molar-refractivity contribution < 1.29 is 9.59 Å². The van der Waals surface area contributed by atoms with Crippen LogP contribution in [0.3, 0.4) is 0 Å². The molecule has 1 aliphatic heterocycles. The maximum Gasteiger partial charge on any atom is 0.220 e. The monoisotopic (exact) mass is 261 g/mol. The molecule has 5 nitrogen and oxygen atoms in total. The molecule has 0 unspecified atom stereocenters. The van der Waals surface area contributed by atoms with Gasteiger partial charge in [-0.1, -0.05) is 6.92 Å². The summed E-state index contributed by atoms with van der Waals surface area (Å²) in [5.41, 5.74) is 6.82. The number of primary amides is 1. The molecule has 1 amide bonds. The fourth-order valence-electron chi connectivity index (χ4n) is 2.34. The number of rotatable bonds is 4. The molecule has 5 heteroatoms. The predicted molar refractivity (Wildman–Crippen MR) is 73.0 cm³/mol. The highest BCUT2D eigenvalue weighted by molar-refractivity contribution is 5.94. The quantitative estimate of drug-likeness (QED) is 0.831. The average Bonchev–Trinajstić information content (AvgIpc) is 2.46. The molecule has 0 aromatic carbocycles. The molecule has 2 heterocycles. The molecule has 0 atom stereocenters. The number of anilines is 1. The molecule has 0 saturated carbocycles. The van der Waals surface area contributed by atoms with Crippen LogP contribution in [0.2, 0.25) is 0 Å². The second-order valence-electron chi connectivity index (χ2n) is 4.84. The second-order valence-corrected chi connectivity index (χ2v) is 4.84. The Morgan fingerprint density at radius 3 is 2.53 bits per heavy atom. The van der Waals surface area contributed by atoms with Gasteiger partial charge in [-0.05, 0) is 25.0 Å². The van der Waals surface area contributed by atoms with Gasteiger partial charge in [-0.2, -0.15) is 0 Å². The van der Waals surface area contributed by atoms with Gasteiger partial charge in [-0.15, -0.1) is 0 Å². The number of nitrogens with zero attached hydrogens (tertiary/aromatic N) is 2. The van der Waals surface area contributed by atoms with Crippen LogP contribution in [0.1, 0.15) is 36.7 Å². The van der Waals surface area contributed by atoms with Gasteiger partial charge in [0.25, 0.3) is 0 Å². The van der Waals surface area contributed by atoms with Crippen molar-refractivity contribution in [3.63, 3.8) is 0 Å². The van der Waals surface area contributed by atoms with Gasteiger partial charge in [0.15, 0.2) is 5.78 Å². The average molecular weight is 261 g/mol. The first kappa shape index (κ1) is 13.5.